The molecule has 0 aromatic heterocycles. The zero-order valence-electron chi connectivity index (χ0n) is 10.9. The molecule has 0 saturated carbocycles. The molecule has 0 saturated heterocycles. The van der Waals surface area contributed by atoms with Crippen molar-refractivity contribution in [1.82, 2.24) is 5.32 Å². The van der Waals surface area contributed by atoms with E-state index in [1.807, 2.05) is 13.8 Å². The topological polar surface area (TPSA) is 55.1 Å². The van der Waals surface area contributed by atoms with Crippen molar-refractivity contribution in [2.24, 2.45) is 5.73 Å². The molecule has 1 unspecified atom stereocenters. The molecular weight excluding hydrogens is 231 g/mol. The third kappa shape index (κ3) is 4.84. The first-order valence-electron chi connectivity index (χ1n) is 6.33. The van der Waals surface area contributed by atoms with Crippen LogP contribution in [0.5, 0.6) is 0 Å². The zero-order valence-corrected chi connectivity index (χ0v) is 10.9. The number of nitrogens with two attached hydrogens (primary N) is 1. The summed E-state index contributed by atoms with van der Waals surface area (Å²) in [6.45, 7) is 3.87. The average Bonchev–Trinajstić information content (AvgIpc) is 2.28. The van der Waals surface area contributed by atoms with Gasteiger partial charge in [0.25, 0.3) is 0 Å². The Hall–Kier alpha value is -1.42. The van der Waals surface area contributed by atoms with Gasteiger partial charge in [-0.3, -0.25) is 4.79 Å². The zero-order chi connectivity index (χ0) is 13.5. The van der Waals surface area contributed by atoms with Gasteiger partial charge in [0.1, 0.15) is 5.82 Å². The van der Waals surface area contributed by atoms with E-state index < -0.39 is 0 Å². The monoisotopic (exact) mass is 252 g/mol. The Kier molecular flexibility index (Phi) is 5.78. The van der Waals surface area contributed by atoms with E-state index in [1.54, 1.807) is 12.1 Å². The van der Waals surface area contributed by atoms with Gasteiger partial charge in [0.2, 0.25) is 5.91 Å². The SMILES string of the molecule is CCCC(N)CC(=O)N[C@H](C)c1cccc(F)c1. The van der Waals surface area contributed by atoms with Crippen LogP contribution in [0.15, 0.2) is 24.3 Å². The molecule has 1 rings (SSSR count). The summed E-state index contributed by atoms with van der Waals surface area (Å²) in [5.41, 5.74) is 6.56. The van der Waals surface area contributed by atoms with Crippen molar-refractivity contribution < 1.29 is 9.18 Å². The molecule has 3 N–H and O–H groups in total. The number of hydrogen-bond acceptors (Lipinski definition) is 2. The summed E-state index contributed by atoms with van der Waals surface area (Å²) in [7, 11) is 0. The average molecular weight is 252 g/mol. The molecule has 0 aliphatic heterocycles. The highest BCUT2D eigenvalue weighted by Crippen LogP contribution is 2.13. The van der Waals surface area contributed by atoms with Crippen molar-refractivity contribution in [3.63, 3.8) is 0 Å². The first kappa shape index (κ1) is 14.6. The van der Waals surface area contributed by atoms with Crippen molar-refractivity contribution in [1.29, 1.82) is 0 Å². The maximum Gasteiger partial charge on any atom is 0.222 e. The molecule has 3 nitrogen and oxygen atoms in total. The van der Waals surface area contributed by atoms with Crippen LogP contribution in [0, 0.1) is 5.82 Å². The molecule has 0 radical (unpaired) electrons. The fourth-order valence-electron chi connectivity index (χ4n) is 1.87. The summed E-state index contributed by atoms with van der Waals surface area (Å²) < 4.78 is 13.0. The highest BCUT2D eigenvalue weighted by atomic mass is 19.1. The molecule has 100 valence electrons. The Labute approximate surface area is 108 Å². The number of amides is 1. The molecule has 0 heterocycles. The summed E-state index contributed by atoms with van der Waals surface area (Å²) in [5, 5.41) is 2.83. The number of carbonyl (C=O) groups excluding carboxylic acids is 1. The minimum atomic E-state index is -0.295. The van der Waals surface area contributed by atoms with Crippen LogP contribution < -0.4 is 11.1 Å². The summed E-state index contributed by atoms with van der Waals surface area (Å²) in [6, 6.07) is 5.93. The minimum absolute atomic E-state index is 0.0901. The van der Waals surface area contributed by atoms with Crippen LogP contribution in [-0.4, -0.2) is 11.9 Å². The van der Waals surface area contributed by atoms with Gasteiger partial charge < -0.3 is 11.1 Å². The molecule has 1 aromatic carbocycles. The third-order valence-corrected chi connectivity index (χ3v) is 2.83. The number of benzene rings is 1. The second kappa shape index (κ2) is 7.11. The van der Waals surface area contributed by atoms with E-state index in [0.717, 1.165) is 18.4 Å². The lowest BCUT2D eigenvalue weighted by Gasteiger charge is -2.16. The molecule has 18 heavy (non-hydrogen) atoms. The first-order chi connectivity index (χ1) is 8.52. The highest BCUT2D eigenvalue weighted by molar-refractivity contribution is 5.77. The lowest BCUT2D eigenvalue weighted by Crippen LogP contribution is -2.33. The van der Waals surface area contributed by atoms with Crippen LogP contribution >= 0.6 is 0 Å². The molecule has 0 aliphatic rings. The molecule has 0 aliphatic carbocycles. The van der Waals surface area contributed by atoms with E-state index >= 15 is 0 Å². The smallest absolute Gasteiger partial charge is 0.222 e. The second-order valence-corrected chi connectivity index (χ2v) is 4.60. The fraction of sp³-hybridized carbons (Fsp3) is 0.500. The van der Waals surface area contributed by atoms with E-state index in [9.17, 15) is 9.18 Å². The van der Waals surface area contributed by atoms with Gasteiger partial charge in [-0.25, -0.2) is 4.39 Å². The number of hydrogen-bond donors (Lipinski definition) is 2. The van der Waals surface area contributed by atoms with Gasteiger partial charge in [0.05, 0.1) is 6.04 Å². The number of halogens is 1. The van der Waals surface area contributed by atoms with Gasteiger partial charge in [-0.15, -0.1) is 0 Å². The van der Waals surface area contributed by atoms with Crippen LogP contribution in [0.4, 0.5) is 4.39 Å². The molecule has 0 bridgehead atoms. The lowest BCUT2D eigenvalue weighted by molar-refractivity contribution is -0.122. The van der Waals surface area contributed by atoms with Crippen molar-refractivity contribution in [2.75, 3.05) is 0 Å². The first-order valence-corrected chi connectivity index (χ1v) is 6.33. The van der Waals surface area contributed by atoms with E-state index in [4.69, 9.17) is 5.73 Å². The Bertz CT molecular complexity index is 395. The largest absolute Gasteiger partial charge is 0.350 e. The predicted octanol–water partition coefficient (Wildman–Crippen LogP) is 2.52. The summed E-state index contributed by atoms with van der Waals surface area (Å²) in [6.07, 6.45) is 2.11. The third-order valence-electron chi connectivity index (χ3n) is 2.83. The molecule has 0 fully saturated rings. The Morgan fingerprint density at radius 3 is 2.83 bits per heavy atom. The van der Waals surface area contributed by atoms with Crippen LogP contribution in [0.25, 0.3) is 0 Å². The van der Waals surface area contributed by atoms with Crippen molar-refractivity contribution >= 4 is 5.91 Å². The van der Waals surface area contributed by atoms with Gasteiger partial charge >= 0.3 is 0 Å². The molecule has 1 aromatic rings. The summed E-state index contributed by atoms with van der Waals surface area (Å²) in [5.74, 6) is -0.385. The maximum atomic E-state index is 13.0. The van der Waals surface area contributed by atoms with Crippen molar-refractivity contribution in [3.8, 4) is 0 Å². The molecule has 1 amide bonds. The highest BCUT2D eigenvalue weighted by Gasteiger charge is 2.13. The van der Waals surface area contributed by atoms with Gasteiger partial charge in [-0.1, -0.05) is 25.5 Å². The van der Waals surface area contributed by atoms with Gasteiger partial charge in [-0.05, 0) is 31.0 Å². The standard InChI is InChI=1S/C14H21FN2O/c1-3-5-13(16)9-14(18)17-10(2)11-6-4-7-12(15)8-11/h4,6-8,10,13H,3,5,9,16H2,1-2H3,(H,17,18)/t10-,13?/m1/s1. The molecule has 0 spiro atoms. The number of carbonyl (C=O) groups is 1. The molecule has 4 heteroatoms. The van der Waals surface area contributed by atoms with Crippen molar-refractivity contribution in [2.45, 2.75) is 45.2 Å². The van der Waals surface area contributed by atoms with Crippen molar-refractivity contribution in [3.05, 3.63) is 35.6 Å². The second-order valence-electron chi connectivity index (χ2n) is 4.60. The Balaban J connectivity index is 2.49. The van der Waals surface area contributed by atoms with Gasteiger partial charge in [-0.2, -0.15) is 0 Å². The van der Waals surface area contributed by atoms with E-state index in [1.165, 1.54) is 12.1 Å². The van der Waals surface area contributed by atoms with Gasteiger partial charge in [0, 0.05) is 12.5 Å². The normalized spacial score (nSPS) is 14.0. The van der Waals surface area contributed by atoms with E-state index in [2.05, 4.69) is 5.32 Å². The van der Waals surface area contributed by atoms with Crippen LogP contribution in [0.2, 0.25) is 0 Å². The van der Waals surface area contributed by atoms with Gasteiger partial charge in [0.15, 0.2) is 0 Å². The van der Waals surface area contributed by atoms with E-state index in [0.29, 0.717) is 6.42 Å². The minimum Gasteiger partial charge on any atom is -0.350 e. The van der Waals surface area contributed by atoms with E-state index in [-0.39, 0.29) is 23.8 Å². The Morgan fingerprint density at radius 2 is 2.22 bits per heavy atom. The number of rotatable bonds is 6. The Morgan fingerprint density at radius 1 is 1.50 bits per heavy atom. The maximum absolute atomic E-state index is 13.0. The summed E-state index contributed by atoms with van der Waals surface area (Å²) >= 11 is 0. The molecular formula is C14H21FN2O. The lowest BCUT2D eigenvalue weighted by atomic mass is 10.1. The van der Waals surface area contributed by atoms with Crippen LogP contribution in [0.1, 0.15) is 44.7 Å². The van der Waals surface area contributed by atoms with Crippen LogP contribution in [-0.2, 0) is 4.79 Å². The molecule has 2 atom stereocenters. The summed E-state index contributed by atoms with van der Waals surface area (Å²) in [4.78, 5) is 11.7. The fourth-order valence-corrected chi connectivity index (χ4v) is 1.87. The van der Waals surface area contributed by atoms with Crippen LogP contribution in [0.3, 0.4) is 0 Å². The predicted molar refractivity (Wildman–Crippen MR) is 70.5 cm³/mol. The number of nitrogens with one attached hydrogen (secondary N) is 1. The quantitative estimate of drug-likeness (QED) is 0.817.